The Morgan fingerprint density at radius 2 is 1.73 bits per heavy atom. The Morgan fingerprint density at radius 3 is 2.46 bits per heavy atom. The zero-order valence-electron chi connectivity index (χ0n) is 15.1. The maximum Gasteiger partial charge on any atom is 0.137 e. The van der Waals surface area contributed by atoms with Crippen molar-refractivity contribution in [3.05, 3.63) is 76.8 Å². The quantitative estimate of drug-likeness (QED) is 0.453. The largest absolute Gasteiger partial charge is 0.303 e. The highest BCUT2D eigenvalue weighted by Gasteiger charge is 2.15. The van der Waals surface area contributed by atoms with Gasteiger partial charge in [0.05, 0.1) is 16.2 Å². The molecular formula is C22H20ClN3. The molecule has 0 aliphatic heterocycles. The molecule has 0 bridgehead atoms. The summed E-state index contributed by atoms with van der Waals surface area (Å²) in [6.07, 6.45) is 2.63. The Labute approximate surface area is 158 Å². The van der Waals surface area contributed by atoms with Crippen molar-refractivity contribution in [1.82, 2.24) is 14.5 Å². The molecule has 130 valence electrons. The summed E-state index contributed by atoms with van der Waals surface area (Å²) in [5.74, 6) is 0.940. The van der Waals surface area contributed by atoms with E-state index in [2.05, 4.69) is 60.7 Å². The van der Waals surface area contributed by atoms with Crippen LogP contribution in [0.5, 0.6) is 0 Å². The van der Waals surface area contributed by atoms with Gasteiger partial charge in [-0.1, -0.05) is 30.7 Å². The van der Waals surface area contributed by atoms with E-state index in [0.717, 1.165) is 40.0 Å². The van der Waals surface area contributed by atoms with Crippen molar-refractivity contribution in [2.24, 2.45) is 0 Å². The van der Waals surface area contributed by atoms with E-state index in [0.29, 0.717) is 5.02 Å². The normalized spacial score (nSPS) is 11.2. The van der Waals surface area contributed by atoms with E-state index < -0.39 is 0 Å². The van der Waals surface area contributed by atoms with Crippen molar-refractivity contribution in [3.8, 4) is 16.9 Å². The summed E-state index contributed by atoms with van der Waals surface area (Å²) < 4.78 is 2.17. The summed E-state index contributed by atoms with van der Waals surface area (Å²) in [7, 11) is 0. The standard InChI is InChI=1S/C22H20ClN3/c1-4-19-17(10-12-20(25-19)26-14(2)7-8-15(26)3)21-18(23)11-9-16-6-5-13-24-22(16)21/h5-13H,4H2,1-3H3. The highest BCUT2D eigenvalue weighted by Crippen LogP contribution is 2.36. The zero-order chi connectivity index (χ0) is 18.3. The van der Waals surface area contributed by atoms with Gasteiger partial charge in [-0.2, -0.15) is 0 Å². The molecule has 0 unspecified atom stereocenters. The van der Waals surface area contributed by atoms with Gasteiger partial charge in [0.25, 0.3) is 0 Å². The molecule has 0 aliphatic carbocycles. The van der Waals surface area contributed by atoms with Gasteiger partial charge in [-0.05, 0) is 56.7 Å². The molecule has 0 saturated heterocycles. The van der Waals surface area contributed by atoms with Crippen molar-refractivity contribution in [3.63, 3.8) is 0 Å². The summed E-state index contributed by atoms with van der Waals surface area (Å²) in [6.45, 7) is 6.32. The Balaban J connectivity index is 1.96. The molecule has 1 aromatic carbocycles. The Hall–Kier alpha value is -2.65. The molecule has 0 atom stereocenters. The topological polar surface area (TPSA) is 30.7 Å². The molecule has 0 aliphatic rings. The van der Waals surface area contributed by atoms with Gasteiger partial charge in [0, 0.05) is 34.1 Å². The minimum atomic E-state index is 0.703. The number of pyridine rings is 2. The number of hydrogen-bond acceptors (Lipinski definition) is 2. The minimum Gasteiger partial charge on any atom is -0.303 e. The summed E-state index contributed by atoms with van der Waals surface area (Å²) in [6, 6.07) is 16.4. The van der Waals surface area contributed by atoms with Crippen molar-refractivity contribution in [2.45, 2.75) is 27.2 Å². The van der Waals surface area contributed by atoms with E-state index in [9.17, 15) is 0 Å². The van der Waals surface area contributed by atoms with E-state index in [1.54, 1.807) is 0 Å². The lowest BCUT2D eigenvalue weighted by atomic mass is 9.99. The second-order valence-corrected chi connectivity index (χ2v) is 6.87. The first-order valence-corrected chi connectivity index (χ1v) is 9.16. The van der Waals surface area contributed by atoms with E-state index in [1.807, 2.05) is 24.4 Å². The maximum atomic E-state index is 6.58. The van der Waals surface area contributed by atoms with Gasteiger partial charge < -0.3 is 4.57 Å². The molecule has 0 spiro atoms. The van der Waals surface area contributed by atoms with Gasteiger partial charge in [0.15, 0.2) is 0 Å². The summed E-state index contributed by atoms with van der Waals surface area (Å²) in [4.78, 5) is 9.53. The summed E-state index contributed by atoms with van der Waals surface area (Å²) in [5.41, 5.74) is 6.30. The van der Waals surface area contributed by atoms with Gasteiger partial charge in [-0.25, -0.2) is 4.98 Å². The first-order chi connectivity index (χ1) is 12.6. The number of nitrogens with zero attached hydrogens (tertiary/aromatic N) is 3. The Bertz CT molecular complexity index is 1090. The molecule has 3 aromatic heterocycles. The second kappa shape index (κ2) is 6.58. The van der Waals surface area contributed by atoms with Crippen molar-refractivity contribution >= 4 is 22.5 Å². The highest BCUT2D eigenvalue weighted by molar-refractivity contribution is 6.35. The average Bonchev–Trinajstić information content (AvgIpc) is 3.00. The molecule has 4 rings (SSSR count). The van der Waals surface area contributed by atoms with Crippen LogP contribution >= 0.6 is 11.6 Å². The highest BCUT2D eigenvalue weighted by atomic mass is 35.5. The number of hydrogen-bond donors (Lipinski definition) is 0. The number of aromatic nitrogens is 3. The SMILES string of the molecule is CCc1nc(-n2c(C)ccc2C)ccc1-c1c(Cl)ccc2cccnc12. The smallest absolute Gasteiger partial charge is 0.137 e. The lowest BCUT2D eigenvalue weighted by Gasteiger charge is -2.15. The lowest BCUT2D eigenvalue weighted by Crippen LogP contribution is -2.05. The van der Waals surface area contributed by atoms with Crippen molar-refractivity contribution in [1.29, 1.82) is 0 Å². The molecule has 0 saturated carbocycles. The molecule has 26 heavy (non-hydrogen) atoms. The van der Waals surface area contributed by atoms with Gasteiger partial charge in [0.2, 0.25) is 0 Å². The molecule has 3 heterocycles. The third kappa shape index (κ3) is 2.69. The molecular weight excluding hydrogens is 342 g/mol. The fourth-order valence-corrected chi connectivity index (χ4v) is 3.77. The fourth-order valence-electron chi connectivity index (χ4n) is 3.52. The van der Waals surface area contributed by atoms with Crippen LogP contribution in [0.1, 0.15) is 24.0 Å². The van der Waals surface area contributed by atoms with E-state index in [1.165, 1.54) is 11.4 Å². The third-order valence-corrected chi connectivity index (χ3v) is 5.10. The molecule has 0 radical (unpaired) electrons. The van der Waals surface area contributed by atoms with Crippen molar-refractivity contribution < 1.29 is 0 Å². The zero-order valence-corrected chi connectivity index (χ0v) is 15.9. The average molecular weight is 362 g/mol. The van der Waals surface area contributed by atoms with E-state index in [4.69, 9.17) is 16.6 Å². The number of rotatable bonds is 3. The predicted molar refractivity (Wildman–Crippen MR) is 108 cm³/mol. The van der Waals surface area contributed by atoms with Crippen LogP contribution in [0.2, 0.25) is 5.02 Å². The van der Waals surface area contributed by atoms with Crippen molar-refractivity contribution in [2.75, 3.05) is 0 Å². The number of fused-ring (bicyclic) bond motifs is 1. The van der Waals surface area contributed by atoms with Crippen LogP contribution in [-0.2, 0) is 6.42 Å². The second-order valence-electron chi connectivity index (χ2n) is 6.47. The molecule has 4 aromatic rings. The van der Waals surface area contributed by atoms with Gasteiger partial charge >= 0.3 is 0 Å². The first kappa shape index (κ1) is 16.8. The lowest BCUT2D eigenvalue weighted by molar-refractivity contribution is 0.897. The van der Waals surface area contributed by atoms with Gasteiger partial charge in [-0.15, -0.1) is 0 Å². The Kier molecular flexibility index (Phi) is 4.25. The molecule has 4 heteroatoms. The van der Waals surface area contributed by atoms with Crippen LogP contribution in [0.3, 0.4) is 0 Å². The van der Waals surface area contributed by atoms with Gasteiger partial charge in [0.1, 0.15) is 5.82 Å². The Morgan fingerprint density at radius 1 is 0.962 bits per heavy atom. The predicted octanol–water partition coefficient (Wildman–Crippen LogP) is 5.92. The van der Waals surface area contributed by atoms with Gasteiger partial charge in [-0.3, -0.25) is 4.98 Å². The third-order valence-electron chi connectivity index (χ3n) is 4.79. The fraction of sp³-hybridized carbons (Fsp3) is 0.182. The van der Waals surface area contributed by atoms with Crippen LogP contribution < -0.4 is 0 Å². The molecule has 0 fully saturated rings. The first-order valence-electron chi connectivity index (χ1n) is 8.79. The molecule has 0 amide bonds. The monoisotopic (exact) mass is 361 g/mol. The van der Waals surface area contributed by atoms with Crippen LogP contribution in [0, 0.1) is 13.8 Å². The number of benzene rings is 1. The van der Waals surface area contributed by atoms with E-state index in [-0.39, 0.29) is 0 Å². The summed E-state index contributed by atoms with van der Waals surface area (Å²) >= 11 is 6.58. The minimum absolute atomic E-state index is 0.703. The molecule has 0 N–H and O–H groups in total. The number of aryl methyl sites for hydroxylation is 3. The molecule has 3 nitrogen and oxygen atoms in total. The van der Waals surface area contributed by atoms with E-state index >= 15 is 0 Å². The van der Waals surface area contributed by atoms with Crippen LogP contribution in [0.15, 0.2) is 54.7 Å². The van der Waals surface area contributed by atoms with Crippen LogP contribution in [0.4, 0.5) is 0 Å². The maximum absolute atomic E-state index is 6.58. The van der Waals surface area contributed by atoms with Crippen LogP contribution in [-0.4, -0.2) is 14.5 Å². The summed E-state index contributed by atoms with van der Waals surface area (Å²) in [5, 5.41) is 1.78. The number of halogens is 1. The van der Waals surface area contributed by atoms with Crippen LogP contribution in [0.25, 0.3) is 27.8 Å².